The van der Waals surface area contributed by atoms with E-state index >= 15 is 0 Å². The molecule has 2 aromatic rings. The van der Waals surface area contributed by atoms with Crippen LogP contribution >= 0.6 is 0 Å². The van der Waals surface area contributed by atoms with E-state index in [9.17, 15) is 0 Å². The fourth-order valence-electron chi connectivity index (χ4n) is 1.81. The number of hydrogen-bond donors (Lipinski definition) is 1. The van der Waals surface area contributed by atoms with E-state index in [-0.39, 0.29) is 5.95 Å². The van der Waals surface area contributed by atoms with Crippen LogP contribution in [0.1, 0.15) is 20.8 Å². The Balaban J connectivity index is 2.40. The predicted octanol–water partition coefficient (Wildman–Crippen LogP) is 1.18. The molecule has 0 amide bonds. The lowest BCUT2D eigenvalue weighted by atomic mass is 10.3. The third-order valence-corrected chi connectivity index (χ3v) is 2.90. The number of nitrogens with zero attached hydrogens (tertiary/aromatic N) is 6. The maximum atomic E-state index is 5.77. The molecule has 7 nitrogen and oxygen atoms in total. The van der Waals surface area contributed by atoms with Crippen molar-refractivity contribution < 1.29 is 0 Å². The van der Waals surface area contributed by atoms with Gasteiger partial charge in [0.25, 0.3) is 0 Å². The van der Waals surface area contributed by atoms with Gasteiger partial charge in [0, 0.05) is 25.8 Å². The molecule has 0 aliphatic rings. The van der Waals surface area contributed by atoms with E-state index in [0.29, 0.717) is 11.8 Å². The van der Waals surface area contributed by atoms with Crippen molar-refractivity contribution in [3.05, 3.63) is 12.4 Å². The Kier molecular flexibility index (Phi) is 3.94. The first-order chi connectivity index (χ1) is 9.17. The minimum Gasteiger partial charge on any atom is -0.368 e. The van der Waals surface area contributed by atoms with Gasteiger partial charge in [-0.15, -0.1) is 0 Å². The first kappa shape index (κ1) is 13.3. The first-order valence-electron chi connectivity index (χ1n) is 6.47. The third-order valence-electron chi connectivity index (χ3n) is 2.90. The fraction of sp³-hybridized carbons (Fsp3) is 0.500. The molecule has 19 heavy (non-hydrogen) atoms. The van der Waals surface area contributed by atoms with Crippen molar-refractivity contribution >= 4 is 11.9 Å². The summed E-state index contributed by atoms with van der Waals surface area (Å²) < 4.78 is 1.83. The van der Waals surface area contributed by atoms with E-state index in [1.807, 2.05) is 22.7 Å². The monoisotopic (exact) mass is 261 g/mol. The average molecular weight is 261 g/mol. The van der Waals surface area contributed by atoms with E-state index in [0.717, 1.165) is 25.2 Å². The molecule has 0 aliphatic heterocycles. The van der Waals surface area contributed by atoms with E-state index < -0.39 is 0 Å². The van der Waals surface area contributed by atoms with Crippen LogP contribution < -0.4 is 10.6 Å². The summed E-state index contributed by atoms with van der Waals surface area (Å²) in [5.41, 5.74) is 6.62. The Bertz CT molecular complexity index is 545. The molecule has 102 valence electrons. The summed E-state index contributed by atoms with van der Waals surface area (Å²) >= 11 is 0. The lowest BCUT2D eigenvalue weighted by Gasteiger charge is -2.18. The van der Waals surface area contributed by atoms with Gasteiger partial charge in [-0.2, -0.15) is 20.1 Å². The SMILES string of the molecule is CCN(CC)c1nc(N)nc(-c2cnn(CC)c2)n1. The number of hydrogen-bond acceptors (Lipinski definition) is 6. The maximum Gasteiger partial charge on any atom is 0.230 e. The van der Waals surface area contributed by atoms with Gasteiger partial charge in [-0.05, 0) is 20.8 Å². The molecule has 2 heterocycles. The van der Waals surface area contributed by atoms with Crippen molar-refractivity contribution in [1.29, 1.82) is 0 Å². The fourth-order valence-corrected chi connectivity index (χ4v) is 1.81. The molecular formula is C12H19N7. The summed E-state index contributed by atoms with van der Waals surface area (Å²) in [6.45, 7) is 8.60. The van der Waals surface area contributed by atoms with E-state index in [2.05, 4.69) is 33.9 Å². The summed E-state index contributed by atoms with van der Waals surface area (Å²) in [4.78, 5) is 14.9. The highest BCUT2D eigenvalue weighted by Gasteiger charge is 2.12. The standard InChI is InChI=1S/C12H19N7/c1-4-18(5-2)12-16-10(15-11(13)17-12)9-7-14-19(6-3)8-9/h7-8H,4-6H2,1-3H3,(H2,13,15,16,17). The van der Waals surface area contributed by atoms with Gasteiger partial charge in [-0.3, -0.25) is 4.68 Å². The Morgan fingerprint density at radius 3 is 2.47 bits per heavy atom. The first-order valence-corrected chi connectivity index (χ1v) is 6.47. The molecule has 0 saturated carbocycles. The zero-order chi connectivity index (χ0) is 13.8. The number of rotatable bonds is 5. The van der Waals surface area contributed by atoms with Crippen molar-refractivity contribution in [3.8, 4) is 11.4 Å². The van der Waals surface area contributed by atoms with Crippen molar-refractivity contribution in [2.45, 2.75) is 27.3 Å². The lowest BCUT2D eigenvalue weighted by molar-refractivity contribution is 0.660. The molecule has 0 atom stereocenters. The molecule has 0 aromatic carbocycles. The molecule has 2 aromatic heterocycles. The van der Waals surface area contributed by atoms with Crippen LogP contribution in [0.3, 0.4) is 0 Å². The van der Waals surface area contributed by atoms with Crippen LogP contribution in [0.25, 0.3) is 11.4 Å². The predicted molar refractivity (Wildman–Crippen MR) is 74.7 cm³/mol. The lowest BCUT2D eigenvalue weighted by Crippen LogP contribution is -2.25. The van der Waals surface area contributed by atoms with E-state index in [1.54, 1.807) is 6.20 Å². The van der Waals surface area contributed by atoms with Gasteiger partial charge in [0.05, 0.1) is 11.8 Å². The largest absolute Gasteiger partial charge is 0.368 e. The number of anilines is 2. The molecule has 0 saturated heterocycles. The second-order valence-electron chi connectivity index (χ2n) is 4.07. The normalized spacial score (nSPS) is 10.7. The van der Waals surface area contributed by atoms with Gasteiger partial charge in [-0.1, -0.05) is 0 Å². The van der Waals surface area contributed by atoms with Crippen molar-refractivity contribution in [2.75, 3.05) is 23.7 Å². The Morgan fingerprint density at radius 1 is 1.16 bits per heavy atom. The second kappa shape index (κ2) is 5.64. The van der Waals surface area contributed by atoms with Gasteiger partial charge in [-0.25, -0.2) is 0 Å². The number of nitrogen functional groups attached to an aromatic ring is 1. The average Bonchev–Trinajstić information content (AvgIpc) is 2.88. The Hall–Kier alpha value is -2.18. The van der Waals surface area contributed by atoms with Crippen LogP contribution in [-0.4, -0.2) is 37.8 Å². The number of aromatic nitrogens is 5. The molecule has 7 heteroatoms. The van der Waals surface area contributed by atoms with Gasteiger partial charge in [0.15, 0.2) is 5.82 Å². The minimum absolute atomic E-state index is 0.233. The third kappa shape index (κ3) is 2.81. The zero-order valence-corrected chi connectivity index (χ0v) is 11.5. The molecule has 2 N–H and O–H groups in total. The van der Waals surface area contributed by atoms with Crippen LogP contribution in [0, 0.1) is 0 Å². The van der Waals surface area contributed by atoms with Gasteiger partial charge < -0.3 is 10.6 Å². The quantitative estimate of drug-likeness (QED) is 0.870. The highest BCUT2D eigenvalue weighted by molar-refractivity contribution is 5.55. The highest BCUT2D eigenvalue weighted by Crippen LogP contribution is 2.18. The molecule has 0 fully saturated rings. The maximum absolute atomic E-state index is 5.77. The summed E-state index contributed by atoms with van der Waals surface area (Å²) in [5, 5.41) is 4.22. The molecule has 0 spiro atoms. The van der Waals surface area contributed by atoms with Crippen LogP contribution in [0.15, 0.2) is 12.4 Å². The molecule has 0 unspecified atom stereocenters. The molecule has 0 radical (unpaired) electrons. The summed E-state index contributed by atoms with van der Waals surface area (Å²) in [5.74, 6) is 1.40. The van der Waals surface area contributed by atoms with Crippen LogP contribution in [0.2, 0.25) is 0 Å². The van der Waals surface area contributed by atoms with Gasteiger partial charge >= 0.3 is 0 Å². The second-order valence-corrected chi connectivity index (χ2v) is 4.07. The smallest absolute Gasteiger partial charge is 0.230 e. The van der Waals surface area contributed by atoms with Crippen molar-refractivity contribution in [3.63, 3.8) is 0 Å². The zero-order valence-electron chi connectivity index (χ0n) is 11.5. The van der Waals surface area contributed by atoms with Gasteiger partial charge in [0.1, 0.15) is 0 Å². The molecule has 2 rings (SSSR count). The van der Waals surface area contributed by atoms with Crippen LogP contribution in [0.4, 0.5) is 11.9 Å². The van der Waals surface area contributed by atoms with E-state index in [1.165, 1.54) is 0 Å². The Morgan fingerprint density at radius 2 is 1.89 bits per heavy atom. The molecular weight excluding hydrogens is 242 g/mol. The minimum atomic E-state index is 0.233. The topological polar surface area (TPSA) is 85.8 Å². The molecule has 0 aliphatic carbocycles. The highest BCUT2D eigenvalue weighted by atomic mass is 15.3. The summed E-state index contributed by atoms with van der Waals surface area (Å²) in [7, 11) is 0. The summed E-state index contributed by atoms with van der Waals surface area (Å²) in [6.07, 6.45) is 3.64. The van der Waals surface area contributed by atoms with E-state index in [4.69, 9.17) is 5.73 Å². The Labute approximate surface area is 112 Å². The molecule has 0 bridgehead atoms. The van der Waals surface area contributed by atoms with Crippen molar-refractivity contribution in [2.24, 2.45) is 0 Å². The van der Waals surface area contributed by atoms with Crippen LogP contribution in [0.5, 0.6) is 0 Å². The van der Waals surface area contributed by atoms with Gasteiger partial charge in [0.2, 0.25) is 11.9 Å². The summed E-state index contributed by atoms with van der Waals surface area (Å²) in [6, 6.07) is 0. The van der Waals surface area contributed by atoms with Crippen LogP contribution in [-0.2, 0) is 6.54 Å². The number of aryl methyl sites for hydroxylation is 1. The number of nitrogens with two attached hydrogens (primary N) is 1. The van der Waals surface area contributed by atoms with Crippen molar-refractivity contribution in [1.82, 2.24) is 24.7 Å².